The number of anilines is 2. The van der Waals surface area contributed by atoms with E-state index in [1.807, 2.05) is 36.4 Å². The Labute approximate surface area is 148 Å². The molecule has 0 bridgehead atoms. The second-order valence-electron chi connectivity index (χ2n) is 5.62. The molecule has 130 valence electrons. The molecule has 0 unspecified atom stereocenters. The maximum atomic E-state index is 13.3. The van der Waals surface area contributed by atoms with Gasteiger partial charge >= 0.3 is 0 Å². The zero-order valence-electron chi connectivity index (χ0n) is 13.8. The van der Waals surface area contributed by atoms with Gasteiger partial charge in [-0.3, -0.25) is 4.98 Å². The van der Waals surface area contributed by atoms with Gasteiger partial charge in [-0.1, -0.05) is 23.3 Å². The van der Waals surface area contributed by atoms with E-state index in [2.05, 4.69) is 31.1 Å². The number of nitrogens with one attached hydrogen (secondary N) is 2. The number of hydrogen-bond donors (Lipinski definition) is 2. The van der Waals surface area contributed by atoms with Crippen LogP contribution in [0.2, 0.25) is 0 Å². The number of halogens is 1. The number of benzene rings is 2. The van der Waals surface area contributed by atoms with Crippen LogP contribution in [0, 0.1) is 5.82 Å². The van der Waals surface area contributed by atoms with Crippen LogP contribution in [-0.2, 0) is 0 Å². The second-order valence-corrected chi connectivity index (χ2v) is 5.62. The van der Waals surface area contributed by atoms with Crippen LogP contribution in [0.3, 0.4) is 0 Å². The Kier molecular flexibility index (Phi) is 4.38. The van der Waals surface area contributed by atoms with E-state index in [0.29, 0.717) is 24.6 Å². The average molecular weight is 349 g/mol. The van der Waals surface area contributed by atoms with E-state index in [9.17, 15) is 4.39 Å². The van der Waals surface area contributed by atoms with Gasteiger partial charge in [0.25, 0.3) is 0 Å². The molecule has 2 aromatic heterocycles. The summed E-state index contributed by atoms with van der Waals surface area (Å²) in [5, 5.41) is 19.1. The zero-order chi connectivity index (χ0) is 17.8. The molecule has 0 saturated carbocycles. The van der Waals surface area contributed by atoms with Gasteiger partial charge in [0.15, 0.2) is 0 Å². The molecular weight excluding hydrogens is 333 g/mol. The van der Waals surface area contributed by atoms with Crippen molar-refractivity contribution in [3.05, 3.63) is 66.6 Å². The summed E-state index contributed by atoms with van der Waals surface area (Å²) >= 11 is 0. The number of fused-ring (bicyclic) bond motifs is 1. The lowest BCUT2D eigenvalue weighted by molar-refractivity contribution is 0.629. The van der Waals surface area contributed by atoms with E-state index in [0.717, 1.165) is 16.8 Å². The Bertz CT molecular complexity index is 1020. The molecule has 0 saturated heterocycles. The van der Waals surface area contributed by atoms with Crippen molar-refractivity contribution in [1.29, 1.82) is 0 Å². The molecule has 2 heterocycles. The number of aromatic nitrogens is 5. The largest absolute Gasteiger partial charge is 0.383 e. The van der Waals surface area contributed by atoms with Gasteiger partial charge in [-0.2, -0.15) is 4.68 Å². The maximum Gasteiger partial charge on any atom is 0.247 e. The first kappa shape index (κ1) is 15.9. The molecule has 0 radical (unpaired) electrons. The van der Waals surface area contributed by atoms with Gasteiger partial charge in [0.1, 0.15) is 5.82 Å². The average Bonchev–Trinajstić information content (AvgIpc) is 3.14. The fourth-order valence-electron chi connectivity index (χ4n) is 2.69. The lowest BCUT2D eigenvalue weighted by atomic mass is 10.2. The van der Waals surface area contributed by atoms with Gasteiger partial charge in [0.2, 0.25) is 5.95 Å². The molecule has 0 amide bonds. The van der Waals surface area contributed by atoms with Gasteiger partial charge < -0.3 is 10.6 Å². The minimum Gasteiger partial charge on any atom is -0.383 e. The second kappa shape index (κ2) is 7.14. The highest BCUT2D eigenvalue weighted by molar-refractivity contribution is 5.90. The molecule has 2 N–H and O–H groups in total. The summed E-state index contributed by atoms with van der Waals surface area (Å²) in [6, 6.07) is 16.1. The molecule has 7 nitrogen and oxygen atoms in total. The Morgan fingerprint density at radius 3 is 2.69 bits per heavy atom. The molecule has 2 aromatic carbocycles. The first-order valence-electron chi connectivity index (χ1n) is 8.17. The van der Waals surface area contributed by atoms with Crippen molar-refractivity contribution in [3.8, 4) is 5.69 Å². The maximum absolute atomic E-state index is 13.3. The van der Waals surface area contributed by atoms with E-state index >= 15 is 0 Å². The molecule has 0 aliphatic heterocycles. The normalized spacial score (nSPS) is 10.8. The smallest absolute Gasteiger partial charge is 0.247 e. The first-order chi connectivity index (χ1) is 12.8. The van der Waals surface area contributed by atoms with E-state index in [4.69, 9.17) is 0 Å². The molecule has 0 aliphatic rings. The minimum absolute atomic E-state index is 0.295. The van der Waals surface area contributed by atoms with Crippen molar-refractivity contribution in [2.75, 3.05) is 23.7 Å². The molecular formula is C18H16FN7. The highest BCUT2D eigenvalue weighted by Gasteiger charge is 2.07. The number of nitrogens with zero attached hydrogens (tertiary/aromatic N) is 5. The predicted octanol–water partition coefficient (Wildman–Crippen LogP) is 2.87. The van der Waals surface area contributed by atoms with Gasteiger partial charge in [0.05, 0.1) is 11.2 Å². The molecule has 0 fully saturated rings. The highest BCUT2D eigenvalue weighted by atomic mass is 19.1. The van der Waals surface area contributed by atoms with Crippen molar-refractivity contribution >= 4 is 22.5 Å². The number of para-hydroxylation sites is 1. The third-order valence-electron chi connectivity index (χ3n) is 3.90. The monoisotopic (exact) mass is 349 g/mol. The lowest BCUT2D eigenvalue weighted by Crippen LogP contribution is -2.16. The number of rotatable bonds is 6. The van der Waals surface area contributed by atoms with Gasteiger partial charge in [-0.15, -0.1) is 0 Å². The number of pyridine rings is 1. The lowest BCUT2D eigenvalue weighted by Gasteiger charge is -2.10. The summed E-state index contributed by atoms with van der Waals surface area (Å²) in [6.07, 6.45) is 1.66. The Hall–Kier alpha value is -3.55. The van der Waals surface area contributed by atoms with Crippen LogP contribution in [0.15, 0.2) is 60.8 Å². The fraction of sp³-hybridized carbons (Fsp3) is 0.111. The standard InChI is InChI=1S/C18H16FN7/c19-13-6-7-15-16(8-9-20-17(15)12-13)21-10-11-22-18-23-24-25-26(18)14-4-2-1-3-5-14/h1-9,12H,10-11H2,(H,20,21)(H,22,23,25). The molecule has 0 atom stereocenters. The van der Waals surface area contributed by atoms with E-state index in [1.165, 1.54) is 12.1 Å². The summed E-state index contributed by atoms with van der Waals surface area (Å²) in [5.41, 5.74) is 2.41. The van der Waals surface area contributed by atoms with Crippen molar-refractivity contribution in [1.82, 2.24) is 25.2 Å². The van der Waals surface area contributed by atoms with Crippen LogP contribution in [0.25, 0.3) is 16.6 Å². The topological polar surface area (TPSA) is 80.5 Å². The van der Waals surface area contributed by atoms with Gasteiger partial charge in [-0.25, -0.2) is 4.39 Å². The number of hydrogen-bond acceptors (Lipinski definition) is 6. The molecule has 8 heteroatoms. The third kappa shape index (κ3) is 3.30. The summed E-state index contributed by atoms with van der Waals surface area (Å²) < 4.78 is 15.0. The molecule has 0 spiro atoms. The predicted molar refractivity (Wildman–Crippen MR) is 97.8 cm³/mol. The third-order valence-corrected chi connectivity index (χ3v) is 3.90. The summed E-state index contributed by atoms with van der Waals surface area (Å²) in [4.78, 5) is 4.19. The van der Waals surface area contributed by atoms with Crippen molar-refractivity contribution in [2.45, 2.75) is 0 Å². The Balaban J connectivity index is 1.41. The van der Waals surface area contributed by atoms with Crippen LogP contribution in [0.4, 0.5) is 16.0 Å². The SMILES string of the molecule is Fc1ccc2c(NCCNc3nnnn3-c3ccccc3)ccnc2c1. The highest BCUT2D eigenvalue weighted by Crippen LogP contribution is 2.21. The Morgan fingerprint density at radius 1 is 0.962 bits per heavy atom. The Morgan fingerprint density at radius 2 is 1.81 bits per heavy atom. The van der Waals surface area contributed by atoms with Crippen LogP contribution in [-0.4, -0.2) is 38.3 Å². The minimum atomic E-state index is -0.295. The van der Waals surface area contributed by atoms with Gasteiger partial charge in [0, 0.05) is 36.4 Å². The summed E-state index contributed by atoms with van der Waals surface area (Å²) in [5.74, 6) is 0.274. The van der Waals surface area contributed by atoms with Crippen LogP contribution in [0.1, 0.15) is 0 Å². The molecule has 0 aliphatic carbocycles. The van der Waals surface area contributed by atoms with Crippen LogP contribution >= 0.6 is 0 Å². The zero-order valence-corrected chi connectivity index (χ0v) is 13.8. The van der Waals surface area contributed by atoms with E-state index in [1.54, 1.807) is 16.9 Å². The van der Waals surface area contributed by atoms with Crippen LogP contribution in [0.5, 0.6) is 0 Å². The van der Waals surface area contributed by atoms with E-state index in [-0.39, 0.29) is 5.82 Å². The first-order valence-corrected chi connectivity index (χ1v) is 8.17. The molecule has 4 aromatic rings. The summed E-state index contributed by atoms with van der Waals surface area (Å²) in [6.45, 7) is 1.25. The van der Waals surface area contributed by atoms with Crippen molar-refractivity contribution in [2.24, 2.45) is 0 Å². The quantitative estimate of drug-likeness (QED) is 0.521. The molecule has 4 rings (SSSR count). The van der Waals surface area contributed by atoms with Crippen molar-refractivity contribution < 1.29 is 4.39 Å². The fourth-order valence-corrected chi connectivity index (χ4v) is 2.69. The van der Waals surface area contributed by atoms with Crippen LogP contribution < -0.4 is 10.6 Å². The van der Waals surface area contributed by atoms with Crippen molar-refractivity contribution in [3.63, 3.8) is 0 Å². The number of tetrazole rings is 1. The van der Waals surface area contributed by atoms with E-state index < -0.39 is 0 Å². The summed E-state index contributed by atoms with van der Waals surface area (Å²) in [7, 11) is 0. The molecule has 26 heavy (non-hydrogen) atoms. The van der Waals surface area contributed by atoms with Gasteiger partial charge in [-0.05, 0) is 40.8 Å².